The monoisotopic (exact) mass is 322 g/mol. The number of methoxy groups -OCH3 is 1. The Bertz CT molecular complexity index is 730. The van der Waals surface area contributed by atoms with Crippen molar-refractivity contribution in [1.29, 1.82) is 0 Å². The molecule has 2 aromatic heterocycles. The topological polar surface area (TPSA) is 77.3 Å². The van der Waals surface area contributed by atoms with Crippen molar-refractivity contribution in [3.63, 3.8) is 0 Å². The normalized spacial score (nSPS) is 19.0. The summed E-state index contributed by atoms with van der Waals surface area (Å²) in [4.78, 5) is 4.12. The van der Waals surface area contributed by atoms with Crippen molar-refractivity contribution >= 4 is 10.0 Å². The second-order valence-corrected chi connectivity index (χ2v) is 7.13. The summed E-state index contributed by atoms with van der Waals surface area (Å²) in [7, 11) is -1.92. The van der Waals surface area contributed by atoms with Crippen LogP contribution in [0, 0.1) is 0 Å². The molecule has 0 N–H and O–H groups in total. The Morgan fingerprint density at radius 1 is 1.36 bits per heavy atom. The summed E-state index contributed by atoms with van der Waals surface area (Å²) in [5, 5.41) is 4.31. The molecular weight excluding hydrogens is 304 g/mol. The van der Waals surface area contributed by atoms with Crippen LogP contribution in [0.1, 0.15) is 18.2 Å². The lowest BCUT2D eigenvalue weighted by Gasteiger charge is -2.33. The average molecular weight is 322 g/mol. The van der Waals surface area contributed by atoms with Crippen LogP contribution in [0.2, 0.25) is 0 Å². The third-order valence-electron chi connectivity index (χ3n) is 3.78. The van der Waals surface area contributed by atoms with Crippen LogP contribution in [0.3, 0.4) is 0 Å². The molecule has 8 heteroatoms. The molecule has 22 heavy (non-hydrogen) atoms. The molecule has 7 nitrogen and oxygen atoms in total. The Labute approximate surface area is 129 Å². The fourth-order valence-corrected chi connectivity index (χ4v) is 4.07. The van der Waals surface area contributed by atoms with Crippen LogP contribution in [-0.4, -0.2) is 47.7 Å². The lowest BCUT2D eigenvalue weighted by Crippen LogP contribution is -2.41. The number of fused-ring (bicyclic) bond motifs is 1. The molecule has 1 atom stereocenters. The van der Waals surface area contributed by atoms with E-state index in [1.165, 1.54) is 10.5 Å². The van der Waals surface area contributed by atoms with Crippen LogP contribution >= 0.6 is 0 Å². The van der Waals surface area contributed by atoms with Crippen molar-refractivity contribution in [3.05, 3.63) is 42.5 Å². The fraction of sp³-hybridized carbons (Fsp3) is 0.429. The SMILES string of the molecule is COCC[C@@H]1CN(S(=O)(=O)c2cccnc2)Cc2ccnn21. The number of hydrogen-bond acceptors (Lipinski definition) is 5. The van der Waals surface area contributed by atoms with Crippen molar-refractivity contribution in [2.75, 3.05) is 20.3 Å². The number of hydrogen-bond donors (Lipinski definition) is 0. The molecule has 118 valence electrons. The van der Waals surface area contributed by atoms with Crippen LogP contribution in [0.4, 0.5) is 0 Å². The molecule has 0 spiro atoms. The minimum Gasteiger partial charge on any atom is -0.385 e. The highest BCUT2D eigenvalue weighted by molar-refractivity contribution is 7.89. The number of sulfonamides is 1. The van der Waals surface area contributed by atoms with Gasteiger partial charge in [-0.05, 0) is 24.6 Å². The zero-order valence-corrected chi connectivity index (χ0v) is 13.1. The number of nitrogens with zero attached hydrogens (tertiary/aromatic N) is 4. The molecule has 0 aromatic carbocycles. The van der Waals surface area contributed by atoms with Gasteiger partial charge < -0.3 is 4.74 Å². The average Bonchev–Trinajstić information content (AvgIpc) is 3.02. The van der Waals surface area contributed by atoms with E-state index in [4.69, 9.17) is 4.74 Å². The van der Waals surface area contributed by atoms with E-state index in [1.54, 1.807) is 31.6 Å². The van der Waals surface area contributed by atoms with E-state index in [2.05, 4.69) is 10.1 Å². The molecular formula is C14H18N4O3S. The molecule has 3 heterocycles. The second kappa shape index (κ2) is 6.15. The number of rotatable bonds is 5. The molecule has 1 aliphatic heterocycles. The van der Waals surface area contributed by atoms with Gasteiger partial charge in [0.1, 0.15) is 4.90 Å². The zero-order chi connectivity index (χ0) is 15.6. The Morgan fingerprint density at radius 2 is 2.23 bits per heavy atom. The predicted molar refractivity (Wildman–Crippen MR) is 79.6 cm³/mol. The van der Waals surface area contributed by atoms with Gasteiger partial charge in [0.2, 0.25) is 10.0 Å². The largest absolute Gasteiger partial charge is 0.385 e. The summed E-state index contributed by atoms with van der Waals surface area (Å²) in [6.45, 7) is 1.26. The van der Waals surface area contributed by atoms with Gasteiger partial charge in [-0.1, -0.05) is 0 Å². The molecule has 0 unspecified atom stereocenters. The highest BCUT2D eigenvalue weighted by Crippen LogP contribution is 2.27. The molecule has 0 radical (unpaired) electrons. The van der Waals surface area contributed by atoms with Crippen LogP contribution in [-0.2, 0) is 21.3 Å². The molecule has 2 aromatic rings. The second-order valence-electron chi connectivity index (χ2n) is 5.19. The van der Waals surface area contributed by atoms with E-state index in [1.807, 2.05) is 10.7 Å². The van der Waals surface area contributed by atoms with E-state index >= 15 is 0 Å². The first kappa shape index (κ1) is 15.1. The highest BCUT2D eigenvalue weighted by Gasteiger charge is 2.33. The lowest BCUT2D eigenvalue weighted by atomic mass is 10.1. The Morgan fingerprint density at radius 3 is 2.95 bits per heavy atom. The summed E-state index contributed by atoms with van der Waals surface area (Å²) in [6.07, 6.45) is 5.36. The van der Waals surface area contributed by atoms with Crippen LogP contribution in [0.25, 0.3) is 0 Å². The van der Waals surface area contributed by atoms with Crippen LogP contribution in [0.15, 0.2) is 41.7 Å². The first-order chi connectivity index (χ1) is 10.6. The molecule has 3 rings (SSSR count). The van der Waals surface area contributed by atoms with Gasteiger partial charge in [0.25, 0.3) is 0 Å². The van der Waals surface area contributed by atoms with Crippen molar-refractivity contribution in [1.82, 2.24) is 19.1 Å². The van der Waals surface area contributed by atoms with Gasteiger partial charge in [-0.2, -0.15) is 9.40 Å². The van der Waals surface area contributed by atoms with Gasteiger partial charge in [-0.15, -0.1) is 0 Å². The Balaban J connectivity index is 1.90. The smallest absolute Gasteiger partial charge is 0.245 e. The van der Waals surface area contributed by atoms with Crippen LogP contribution in [0.5, 0.6) is 0 Å². The fourth-order valence-electron chi connectivity index (χ4n) is 2.65. The van der Waals surface area contributed by atoms with Crippen molar-refractivity contribution in [2.24, 2.45) is 0 Å². The van der Waals surface area contributed by atoms with Gasteiger partial charge in [0.15, 0.2) is 0 Å². The van der Waals surface area contributed by atoms with E-state index in [9.17, 15) is 8.42 Å². The molecule has 0 aliphatic carbocycles. The molecule has 1 aliphatic rings. The summed E-state index contributed by atoms with van der Waals surface area (Å²) in [6, 6.07) is 5.03. The molecule has 0 amide bonds. The van der Waals surface area contributed by atoms with Gasteiger partial charge in [-0.25, -0.2) is 8.42 Å². The Kier molecular flexibility index (Phi) is 4.23. The lowest BCUT2D eigenvalue weighted by molar-refractivity contribution is 0.157. The Hall–Kier alpha value is -1.77. The van der Waals surface area contributed by atoms with Crippen LogP contribution < -0.4 is 0 Å². The summed E-state index contributed by atoms with van der Waals surface area (Å²) >= 11 is 0. The van der Waals surface area contributed by atoms with E-state index in [0.29, 0.717) is 26.1 Å². The highest BCUT2D eigenvalue weighted by atomic mass is 32.2. The summed E-state index contributed by atoms with van der Waals surface area (Å²) < 4.78 is 34.0. The predicted octanol–water partition coefficient (Wildman–Crippen LogP) is 1.06. The molecule has 0 saturated heterocycles. The number of pyridine rings is 1. The van der Waals surface area contributed by atoms with Crippen molar-refractivity contribution < 1.29 is 13.2 Å². The van der Waals surface area contributed by atoms with E-state index in [0.717, 1.165) is 5.69 Å². The minimum atomic E-state index is -3.55. The molecule has 0 fully saturated rings. The van der Waals surface area contributed by atoms with E-state index < -0.39 is 10.0 Å². The zero-order valence-electron chi connectivity index (χ0n) is 12.3. The maximum absolute atomic E-state index is 12.8. The standard InChI is InChI=1S/C14H18N4O3S/c1-21-8-5-13-11-17(10-12-4-7-16-18(12)13)22(19,20)14-3-2-6-15-9-14/h2-4,6-7,9,13H,5,8,10-11H2,1H3/t13-/m1/s1. The summed E-state index contributed by atoms with van der Waals surface area (Å²) in [5.74, 6) is 0. The number of aromatic nitrogens is 3. The van der Waals surface area contributed by atoms with Gasteiger partial charge in [0.05, 0.1) is 18.3 Å². The maximum atomic E-state index is 12.8. The van der Waals surface area contributed by atoms with Gasteiger partial charge in [-0.3, -0.25) is 9.67 Å². The van der Waals surface area contributed by atoms with Crippen molar-refractivity contribution in [2.45, 2.75) is 23.9 Å². The maximum Gasteiger partial charge on any atom is 0.245 e. The number of ether oxygens (including phenoxy) is 1. The molecule has 0 saturated carbocycles. The van der Waals surface area contributed by atoms with Gasteiger partial charge in [0, 0.05) is 38.9 Å². The van der Waals surface area contributed by atoms with Crippen molar-refractivity contribution in [3.8, 4) is 0 Å². The first-order valence-electron chi connectivity index (χ1n) is 7.04. The molecule has 0 bridgehead atoms. The third-order valence-corrected chi connectivity index (χ3v) is 5.57. The van der Waals surface area contributed by atoms with Gasteiger partial charge >= 0.3 is 0 Å². The minimum absolute atomic E-state index is 0.0230. The summed E-state index contributed by atoms with van der Waals surface area (Å²) in [5.41, 5.74) is 0.889. The third kappa shape index (κ3) is 2.77. The first-order valence-corrected chi connectivity index (χ1v) is 8.48. The van der Waals surface area contributed by atoms with E-state index in [-0.39, 0.29) is 10.9 Å². The quantitative estimate of drug-likeness (QED) is 0.822.